The van der Waals surface area contributed by atoms with Crippen LogP contribution in [0.1, 0.15) is 40.0 Å². The summed E-state index contributed by atoms with van der Waals surface area (Å²) in [6, 6.07) is 0. The average Bonchev–Trinajstić information content (AvgIpc) is 2.92. The molecule has 1 aromatic heterocycles. The molecule has 0 bridgehead atoms. The van der Waals surface area contributed by atoms with Crippen LogP contribution in [0.4, 0.5) is 0 Å². The molecule has 104 valence electrons. The van der Waals surface area contributed by atoms with Gasteiger partial charge in [-0.25, -0.2) is 0 Å². The number of nitrogens with zero attached hydrogens (tertiary/aromatic N) is 2. The van der Waals surface area contributed by atoms with E-state index in [1.54, 1.807) is 6.20 Å². The largest absolute Gasteiger partial charge is 0.473 e. The van der Waals surface area contributed by atoms with Gasteiger partial charge in [0.25, 0.3) is 0 Å². The van der Waals surface area contributed by atoms with Crippen molar-refractivity contribution in [2.24, 2.45) is 0 Å². The molecule has 18 heavy (non-hydrogen) atoms. The van der Waals surface area contributed by atoms with Crippen LogP contribution in [0.15, 0.2) is 6.20 Å². The number of rotatable bonds is 9. The van der Waals surface area contributed by atoms with Gasteiger partial charge in [0.05, 0.1) is 11.7 Å². The van der Waals surface area contributed by atoms with E-state index in [1.165, 1.54) is 0 Å². The highest BCUT2D eigenvalue weighted by atomic mass is 32.1. The minimum atomic E-state index is -0.532. The highest BCUT2D eigenvalue weighted by Crippen LogP contribution is 2.18. The molecule has 0 aromatic carbocycles. The lowest BCUT2D eigenvalue weighted by Crippen LogP contribution is -2.47. The third-order valence-corrected chi connectivity index (χ3v) is 3.97. The summed E-state index contributed by atoms with van der Waals surface area (Å²) in [5.41, 5.74) is 0.128. The van der Waals surface area contributed by atoms with Gasteiger partial charge in [0, 0.05) is 12.1 Å². The van der Waals surface area contributed by atoms with Crippen LogP contribution >= 0.6 is 11.7 Å². The zero-order valence-corrected chi connectivity index (χ0v) is 12.2. The fourth-order valence-corrected chi connectivity index (χ4v) is 2.28. The summed E-state index contributed by atoms with van der Waals surface area (Å²) in [6.45, 7) is 7.29. The van der Waals surface area contributed by atoms with Crippen LogP contribution in [0.2, 0.25) is 0 Å². The fraction of sp³-hybridized carbons (Fsp3) is 0.833. The van der Waals surface area contributed by atoms with Gasteiger partial charge >= 0.3 is 0 Å². The van der Waals surface area contributed by atoms with Crippen LogP contribution in [0, 0.1) is 0 Å². The lowest BCUT2D eigenvalue weighted by molar-refractivity contribution is 0.0925. The van der Waals surface area contributed by atoms with Gasteiger partial charge < -0.3 is 15.2 Å². The van der Waals surface area contributed by atoms with Crippen LogP contribution in [0.25, 0.3) is 0 Å². The molecule has 0 amide bonds. The molecule has 2 N–H and O–H groups in total. The maximum Gasteiger partial charge on any atom is 0.245 e. The van der Waals surface area contributed by atoms with Crippen molar-refractivity contribution in [1.29, 1.82) is 0 Å². The highest BCUT2D eigenvalue weighted by Gasteiger charge is 2.23. The Morgan fingerprint density at radius 1 is 1.39 bits per heavy atom. The maximum atomic E-state index is 9.87. The number of ether oxygens (including phenoxy) is 1. The highest BCUT2D eigenvalue weighted by molar-refractivity contribution is 6.99. The number of β-amino-alcohol motifs (C(OH)–C–C–N with tert-alkyl or cyclic N) is 1. The van der Waals surface area contributed by atoms with E-state index in [-0.39, 0.29) is 12.1 Å². The normalized spacial score (nSPS) is 13.6. The van der Waals surface area contributed by atoms with Crippen molar-refractivity contribution >= 4 is 11.7 Å². The van der Waals surface area contributed by atoms with Crippen LogP contribution < -0.4 is 10.1 Å². The van der Waals surface area contributed by atoms with Gasteiger partial charge in [-0.2, -0.15) is 4.37 Å². The number of nitrogens with one attached hydrogen (secondary N) is 1. The van der Waals surface area contributed by atoms with Gasteiger partial charge in [0.15, 0.2) is 0 Å². The summed E-state index contributed by atoms with van der Waals surface area (Å²) in [5, 5.41) is 13.3. The minimum Gasteiger partial charge on any atom is -0.473 e. The molecule has 1 aromatic rings. The van der Waals surface area contributed by atoms with Gasteiger partial charge in [-0.05, 0) is 19.3 Å². The lowest BCUT2D eigenvalue weighted by Gasteiger charge is -2.33. The molecule has 1 unspecified atom stereocenters. The zero-order chi connectivity index (χ0) is 13.4. The minimum absolute atomic E-state index is 0.128. The first kappa shape index (κ1) is 15.3. The van der Waals surface area contributed by atoms with Gasteiger partial charge in [-0.15, -0.1) is 4.37 Å². The zero-order valence-electron chi connectivity index (χ0n) is 11.3. The van der Waals surface area contributed by atoms with E-state index < -0.39 is 6.10 Å². The molecule has 0 spiro atoms. The molecular formula is C12H23N3O2S. The summed E-state index contributed by atoms with van der Waals surface area (Å²) in [7, 11) is 0. The van der Waals surface area contributed by atoms with Crippen molar-refractivity contribution in [2.75, 3.05) is 13.2 Å². The molecule has 1 rings (SSSR count). The Labute approximate surface area is 113 Å². The monoisotopic (exact) mass is 273 g/mol. The van der Waals surface area contributed by atoms with E-state index in [0.29, 0.717) is 12.4 Å². The van der Waals surface area contributed by atoms with E-state index in [9.17, 15) is 5.11 Å². The van der Waals surface area contributed by atoms with E-state index >= 15 is 0 Å². The Hall–Kier alpha value is -0.720. The molecule has 0 saturated heterocycles. The Bertz CT molecular complexity index is 307. The second-order valence-corrected chi connectivity index (χ2v) is 4.99. The van der Waals surface area contributed by atoms with Crippen molar-refractivity contribution in [3.05, 3.63) is 6.20 Å². The Morgan fingerprint density at radius 2 is 2.06 bits per heavy atom. The average molecular weight is 273 g/mol. The molecule has 1 atom stereocenters. The molecule has 1 heterocycles. The second-order valence-electron chi connectivity index (χ2n) is 4.43. The van der Waals surface area contributed by atoms with Gasteiger partial charge in [-0.1, -0.05) is 20.8 Å². The smallest absolute Gasteiger partial charge is 0.245 e. The third kappa shape index (κ3) is 4.51. The SMILES string of the molecule is CCC(CC)(CC)NCC(O)COc1cnsn1. The molecule has 0 aliphatic carbocycles. The van der Waals surface area contributed by atoms with Crippen LogP contribution in [0.5, 0.6) is 5.88 Å². The molecule has 0 aliphatic heterocycles. The quantitative estimate of drug-likeness (QED) is 0.718. The molecular weight excluding hydrogens is 250 g/mol. The first-order chi connectivity index (χ1) is 8.65. The molecule has 0 saturated carbocycles. The number of hydrogen-bond acceptors (Lipinski definition) is 6. The molecule has 5 nitrogen and oxygen atoms in total. The fourth-order valence-electron chi connectivity index (χ4n) is 1.92. The maximum absolute atomic E-state index is 9.87. The van der Waals surface area contributed by atoms with Crippen molar-refractivity contribution in [3.63, 3.8) is 0 Å². The van der Waals surface area contributed by atoms with E-state index in [1.807, 2.05) is 0 Å². The van der Waals surface area contributed by atoms with Gasteiger partial charge in [0.1, 0.15) is 18.9 Å². The molecule has 0 fully saturated rings. The Balaban J connectivity index is 2.29. The summed E-state index contributed by atoms with van der Waals surface area (Å²) < 4.78 is 13.1. The number of aromatic nitrogens is 2. The summed E-state index contributed by atoms with van der Waals surface area (Å²) >= 11 is 1.10. The standard InChI is InChI=1S/C12H23N3O2S/c1-4-12(5-2,6-3)13-7-10(16)9-17-11-8-14-18-15-11/h8,10,13,16H,4-7,9H2,1-3H3. The number of hydrogen-bond donors (Lipinski definition) is 2. The number of aliphatic hydroxyl groups is 1. The topological polar surface area (TPSA) is 67.3 Å². The van der Waals surface area contributed by atoms with E-state index in [0.717, 1.165) is 31.0 Å². The van der Waals surface area contributed by atoms with Crippen molar-refractivity contribution < 1.29 is 9.84 Å². The summed E-state index contributed by atoms with van der Waals surface area (Å²) in [5.74, 6) is 0.479. The van der Waals surface area contributed by atoms with E-state index in [4.69, 9.17) is 4.74 Å². The number of aliphatic hydroxyl groups excluding tert-OH is 1. The van der Waals surface area contributed by atoms with E-state index in [2.05, 4.69) is 34.8 Å². The third-order valence-electron chi connectivity index (χ3n) is 3.51. The van der Waals surface area contributed by atoms with Crippen molar-refractivity contribution in [1.82, 2.24) is 14.1 Å². The molecule has 6 heteroatoms. The predicted molar refractivity (Wildman–Crippen MR) is 73.0 cm³/mol. The molecule has 0 aliphatic rings. The van der Waals surface area contributed by atoms with Crippen molar-refractivity contribution in [2.45, 2.75) is 51.7 Å². The second kappa shape index (κ2) is 7.66. The molecule has 0 radical (unpaired) electrons. The summed E-state index contributed by atoms with van der Waals surface area (Å²) in [6.07, 6.45) is 4.20. The Kier molecular flexibility index (Phi) is 6.52. The van der Waals surface area contributed by atoms with Crippen LogP contribution in [0.3, 0.4) is 0 Å². The predicted octanol–water partition coefficient (Wildman–Crippen LogP) is 1.84. The van der Waals surface area contributed by atoms with Crippen LogP contribution in [-0.4, -0.2) is 38.6 Å². The van der Waals surface area contributed by atoms with Crippen molar-refractivity contribution in [3.8, 4) is 5.88 Å². The Morgan fingerprint density at radius 3 is 2.56 bits per heavy atom. The van der Waals surface area contributed by atoms with Gasteiger partial charge in [0.2, 0.25) is 5.88 Å². The first-order valence-corrected chi connectivity index (χ1v) is 7.22. The van der Waals surface area contributed by atoms with Gasteiger partial charge in [-0.3, -0.25) is 0 Å². The van der Waals surface area contributed by atoms with Crippen LogP contribution in [-0.2, 0) is 0 Å². The lowest BCUT2D eigenvalue weighted by atomic mass is 9.90. The summed E-state index contributed by atoms with van der Waals surface area (Å²) in [4.78, 5) is 0. The first-order valence-electron chi connectivity index (χ1n) is 6.49.